The molecule has 136 valence electrons. The first-order valence-corrected chi connectivity index (χ1v) is 9.94. The Morgan fingerprint density at radius 2 is 1.83 bits per heavy atom. The monoisotopic (exact) mass is 357 g/mol. The summed E-state index contributed by atoms with van der Waals surface area (Å²) in [4.78, 5) is 0. The molecule has 1 saturated heterocycles. The van der Waals surface area contributed by atoms with E-state index in [0.29, 0.717) is 0 Å². The minimum Gasteiger partial charge on any atom is -0.341 e. The summed E-state index contributed by atoms with van der Waals surface area (Å²) in [6.45, 7) is 5.86. The summed E-state index contributed by atoms with van der Waals surface area (Å²) < 4.78 is 39.2. The van der Waals surface area contributed by atoms with E-state index in [1.165, 1.54) is 0 Å². The van der Waals surface area contributed by atoms with Crippen molar-refractivity contribution in [2.45, 2.75) is 64.4 Å². The van der Waals surface area contributed by atoms with Crippen molar-refractivity contribution in [1.29, 1.82) is 0 Å². The highest BCUT2D eigenvalue weighted by atomic mass is 32.2. The number of hydrogen-bond acceptors (Lipinski definition) is 5. The minimum atomic E-state index is -4.00. The molecule has 3 rings (SSSR count). The number of rotatable bonds is 4. The van der Waals surface area contributed by atoms with Crippen molar-refractivity contribution in [1.82, 2.24) is 0 Å². The van der Waals surface area contributed by atoms with Gasteiger partial charge in [0.2, 0.25) is 0 Å². The maximum Gasteiger partial charge on any atom is 0.333 e. The molecule has 2 fully saturated rings. The number of aryl methyl sites for hydroxylation is 1. The molecular formula is C17H27NO5S. The summed E-state index contributed by atoms with van der Waals surface area (Å²) in [5.74, 6) is -0.612. The molecule has 1 spiro atoms. The first-order valence-electron chi connectivity index (χ1n) is 8.47. The van der Waals surface area contributed by atoms with Crippen LogP contribution in [0.3, 0.4) is 0 Å². The fourth-order valence-electron chi connectivity index (χ4n) is 3.28. The summed E-state index contributed by atoms with van der Waals surface area (Å²) >= 11 is 0. The molecule has 0 amide bonds. The van der Waals surface area contributed by atoms with Crippen LogP contribution in [0.25, 0.3) is 0 Å². The molecule has 6 nitrogen and oxygen atoms in total. The van der Waals surface area contributed by atoms with Crippen molar-refractivity contribution >= 4 is 10.3 Å². The second kappa shape index (κ2) is 7.93. The predicted octanol–water partition coefficient (Wildman–Crippen LogP) is 2.97. The smallest absolute Gasteiger partial charge is 0.333 e. The molecule has 0 radical (unpaired) electrons. The predicted molar refractivity (Wildman–Crippen MR) is 91.5 cm³/mol. The van der Waals surface area contributed by atoms with Gasteiger partial charge in [-0.15, -0.1) is 0 Å². The quantitative estimate of drug-likeness (QED) is 0.895. The maximum atomic E-state index is 11.1. The van der Waals surface area contributed by atoms with E-state index in [0.717, 1.165) is 36.8 Å². The van der Waals surface area contributed by atoms with Gasteiger partial charge in [-0.2, -0.15) is 8.42 Å². The van der Waals surface area contributed by atoms with Gasteiger partial charge in [0.1, 0.15) is 12.2 Å². The first-order chi connectivity index (χ1) is 11.4. The van der Waals surface area contributed by atoms with Crippen molar-refractivity contribution in [2.24, 2.45) is 5.14 Å². The summed E-state index contributed by atoms with van der Waals surface area (Å²) in [7, 11) is -4.00. The molecule has 2 unspecified atom stereocenters. The van der Waals surface area contributed by atoms with Gasteiger partial charge in [0, 0.05) is 12.8 Å². The molecular weight excluding hydrogens is 330 g/mol. The molecule has 2 atom stereocenters. The highest BCUT2D eigenvalue weighted by molar-refractivity contribution is 7.84. The summed E-state index contributed by atoms with van der Waals surface area (Å²) in [6, 6.07) is 7.86. The fraction of sp³-hybridized carbons (Fsp3) is 0.647. The Morgan fingerprint density at radius 1 is 1.21 bits per heavy atom. The number of benzene rings is 1. The zero-order valence-electron chi connectivity index (χ0n) is 14.5. The van der Waals surface area contributed by atoms with Crippen LogP contribution >= 0.6 is 0 Å². The SMILES string of the molecule is CC.Cc1ccccc1C1OC2(CCCC2)OC1COS(N)(=O)=O. The van der Waals surface area contributed by atoms with E-state index >= 15 is 0 Å². The summed E-state index contributed by atoms with van der Waals surface area (Å²) in [5.41, 5.74) is 2.07. The Hall–Kier alpha value is -0.990. The highest BCUT2D eigenvalue weighted by Crippen LogP contribution is 2.47. The number of ether oxygens (including phenoxy) is 2. The molecule has 7 heteroatoms. The molecule has 1 heterocycles. The van der Waals surface area contributed by atoms with Gasteiger partial charge in [-0.3, -0.25) is 4.18 Å². The third kappa shape index (κ3) is 4.55. The van der Waals surface area contributed by atoms with E-state index in [-0.39, 0.29) is 12.7 Å². The maximum absolute atomic E-state index is 11.1. The zero-order chi connectivity index (χ0) is 17.8. The zero-order valence-corrected chi connectivity index (χ0v) is 15.3. The molecule has 1 saturated carbocycles. The van der Waals surface area contributed by atoms with Crippen LogP contribution in [-0.2, 0) is 24.0 Å². The van der Waals surface area contributed by atoms with Crippen molar-refractivity contribution in [2.75, 3.05) is 6.61 Å². The second-order valence-corrected chi connectivity index (χ2v) is 7.17. The van der Waals surface area contributed by atoms with Crippen LogP contribution < -0.4 is 5.14 Å². The van der Waals surface area contributed by atoms with E-state index < -0.39 is 22.2 Å². The normalized spacial score (nSPS) is 25.5. The second-order valence-electron chi connectivity index (χ2n) is 5.95. The van der Waals surface area contributed by atoms with Crippen molar-refractivity contribution in [3.8, 4) is 0 Å². The van der Waals surface area contributed by atoms with Gasteiger partial charge in [-0.05, 0) is 30.9 Å². The van der Waals surface area contributed by atoms with E-state index in [2.05, 4.69) is 0 Å². The van der Waals surface area contributed by atoms with E-state index in [4.69, 9.17) is 18.8 Å². The van der Waals surface area contributed by atoms with E-state index in [1.807, 2.05) is 45.0 Å². The molecule has 1 aromatic rings. The van der Waals surface area contributed by atoms with Crippen LogP contribution in [0.1, 0.15) is 56.8 Å². The van der Waals surface area contributed by atoms with Gasteiger partial charge in [-0.1, -0.05) is 38.1 Å². The lowest BCUT2D eigenvalue weighted by Crippen LogP contribution is -2.29. The lowest BCUT2D eigenvalue weighted by atomic mass is 10.00. The Labute approximate surface area is 144 Å². The van der Waals surface area contributed by atoms with Crippen LogP contribution in [-0.4, -0.2) is 26.9 Å². The molecule has 0 bridgehead atoms. The van der Waals surface area contributed by atoms with Gasteiger partial charge in [0.15, 0.2) is 5.79 Å². The highest BCUT2D eigenvalue weighted by Gasteiger charge is 2.50. The lowest BCUT2D eigenvalue weighted by Gasteiger charge is -2.22. The van der Waals surface area contributed by atoms with Crippen molar-refractivity contribution in [3.05, 3.63) is 35.4 Å². The van der Waals surface area contributed by atoms with E-state index in [9.17, 15) is 8.42 Å². The number of nitrogens with two attached hydrogens (primary N) is 1. The van der Waals surface area contributed by atoms with Crippen LogP contribution in [0.15, 0.2) is 24.3 Å². The molecule has 1 aromatic carbocycles. The molecule has 2 aliphatic rings. The molecule has 2 N–H and O–H groups in total. The Kier molecular flexibility index (Phi) is 6.39. The molecule has 1 aliphatic carbocycles. The van der Waals surface area contributed by atoms with Crippen LogP contribution in [0.4, 0.5) is 0 Å². The average Bonchev–Trinajstić information content (AvgIpc) is 3.15. The van der Waals surface area contributed by atoms with Crippen LogP contribution in [0.5, 0.6) is 0 Å². The molecule has 1 aliphatic heterocycles. The van der Waals surface area contributed by atoms with Gasteiger partial charge < -0.3 is 9.47 Å². The minimum absolute atomic E-state index is 0.139. The molecule has 24 heavy (non-hydrogen) atoms. The third-order valence-electron chi connectivity index (χ3n) is 4.30. The average molecular weight is 357 g/mol. The first kappa shape index (κ1) is 19.3. The van der Waals surface area contributed by atoms with Crippen molar-refractivity contribution < 1.29 is 22.1 Å². The van der Waals surface area contributed by atoms with Crippen molar-refractivity contribution in [3.63, 3.8) is 0 Å². The fourth-order valence-corrected chi connectivity index (χ4v) is 3.60. The topological polar surface area (TPSA) is 87.8 Å². The molecule has 0 aromatic heterocycles. The Bertz CT molecular complexity index is 640. The van der Waals surface area contributed by atoms with Gasteiger partial charge in [-0.25, -0.2) is 5.14 Å². The van der Waals surface area contributed by atoms with Gasteiger partial charge in [0.25, 0.3) is 0 Å². The van der Waals surface area contributed by atoms with Gasteiger partial charge >= 0.3 is 10.3 Å². The Balaban J connectivity index is 0.00000100. The standard InChI is InChI=1S/C15H21NO5S.C2H6/c1-11-6-2-3-7-12(11)14-13(10-19-22(16,17)18)20-15(21-14)8-4-5-9-15;1-2/h2-3,6-7,13-14H,4-5,8-10H2,1H3,(H2,16,17,18);1-2H3. The summed E-state index contributed by atoms with van der Waals surface area (Å²) in [5, 5.41) is 4.93. The lowest BCUT2D eigenvalue weighted by molar-refractivity contribution is -0.171. The van der Waals surface area contributed by atoms with E-state index in [1.54, 1.807) is 0 Å². The number of hydrogen-bond donors (Lipinski definition) is 1. The van der Waals surface area contributed by atoms with Gasteiger partial charge in [0.05, 0.1) is 6.61 Å². The largest absolute Gasteiger partial charge is 0.341 e. The Morgan fingerprint density at radius 3 is 2.42 bits per heavy atom. The third-order valence-corrected chi connectivity index (χ3v) is 4.77. The van der Waals surface area contributed by atoms with Crippen LogP contribution in [0, 0.1) is 6.92 Å². The summed E-state index contributed by atoms with van der Waals surface area (Å²) in [6.07, 6.45) is 2.90. The van der Waals surface area contributed by atoms with Crippen LogP contribution in [0.2, 0.25) is 0 Å².